The van der Waals surface area contributed by atoms with Crippen LogP contribution in [0.5, 0.6) is 0 Å². The molecule has 122 valence electrons. The Labute approximate surface area is 133 Å². The quantitative estimate of drug-likeness (QED) is 0.622. The molecule has 2 N–H and O–H groups in total. The molecule has 0 aromatic heterocycles. The molecule has 0 fully saturated rings. The molecule has 0 heterocycles. The molecule has 1 aromatic rings. The predicted octanol–water partition coefficient (Wildman–Crippen LogP) is 1.77. The Bertz CT molecular complexity index is 492. The summed E-state index contributed by atoms with van der Waals surface area (Å²) < 4.78 is 0. The maximum Gasteiger partial charge on any atom is 0.241 e. The van der Waals surface area contributed by atoms with Gasteiger partial charge in [-0.25, -0.2) is 4.99 Å². The van der Waals surface area contributed by atoms with Gasteiger partial charge in [0.25, 0.3) is 0 Å². The minimum Gasteiger partial charge on any atom is -0.356 e. The molecule has 0 aliphatic heterocycles. The van der Waals surface area contributed by atoms with Gasteiger partial charge in [-0.3, -0.25) is 4.79 Å². The number of carbonyl (C=O) groups excluding carboxylic acids is 1. The third kappa shape index (κ3) is 7.11. The van der Waals surface area contributed by atoms with Crippen LogP contribution in [-0.4, -0.2) is 44.0 Å². The van der Waals surface area contributed by atoms with Crippen LogP contribution in [0.2, 0.25) is 0 Å². The molecule has 22 heavy (non-hydrogen) atoms. The third-order valence-corrected chi connectivity index (χ3v) is 3.12. The van der Waals surface area contributed by atoms with E-state index in [-0.39, 0.29) is 12.5 Å². The van der Waals surface area contributed by atoms with Crippen molar-refractivity contribution in [3.05, 3.63) is 35.4 Å². The van der Waals surface area contributed by atoms with Crippen molar-refractivity contribution < 1.29 is 4.79 Å². The predicted molar refractivity (Wildman–Crippen MR) is 91.9 cm³/mol. The van der Waals surface area contributed by atoms with Crippen LogP contribution in [0.1, 0.15) is 25.0 Å². The van der Waals surface area contributed by atoms with Gasteiger partial charge in [0.15, 0.2) is 5.96 Å². The van der Waals surface area contributed by atoms with Gasteiger partial charge in [-0.2, -0.15) is 0 Å². The van der Waals surface area contributed by atoms with Gasteiger partial charge in [-0.1, -0.05) is 43.7 Å². The van der Waals surface area contributed by atoms with Gasteiger partial charge in [0.1, 0.15) is 0 Å². The summed E-state index contributed by atoms with van der Waals surface area (Å²) in [5.74, 6) is 1.20. The molecule has 0 atom stereocenters. The van der Waals surface area contributed by atoms with E-state index in [1.165, 1.54) is 5.56 Å². The van der Waals surface area contributed by atoms with Crippen LogP contribution in [0, 0.1) is 12.8 Å². The number of rotatable bonds is 6. The van der Waals surface area contributed by atoms with Crippen molar-refractivity contribution in [3.63, 3.8) is 0 Å². The lowest BCUT2D eigenvalue weighted by molar-refractivity contribution is -0.127. The van der Waals surface area contributed by atoms with Gasteiger partial charge in [0, 0.05) is 20.6 Å². The van der Waals surface area contributed by atoms with Crippen LogP contribution < -0.4 is 10.6 Å². The van der Waals surface area contributed by atoms with E-state index in [4.69, 9.17) is 0 Å². The first-order valence-corrected chi connectivity index (χ1v) is 7.66. The van der Waals surface area contributed by atoms with E-state index in [2.05, 4.69) is 60.7 Å². The third-order valence-electron chi connectivity index (χ3n) is 3.12. The molecule has 0 bridgehead atoms. The molecule has 1 amide bonds. The second kappa shape index (κ2) is 9.07. The number of benzene rings is 1. The number of aryl methyl sites for hydroxylation is 1. The fourth-order valence-electron chi connectivity index (χ4n) is 1.66. The first kappa shape index (κ1) is 18.0. The van der Waals surface area contributed by atoms with Crippen LogP contribution in [0.3, 0.4) is 0 Å². The number of hydrogen-bond donors (Lipinski definition) is 2. The first-order valence-electron chi connectivity index (χ1n) is 7.66. The Hall–Kier alpha value is -2.04. The van der Waals surface area contributed by atoms with E-state index < -0.39 is 0 Å². The summed E-state index contributed by atoms with van der Waals surface area (Å²) in [6.07, 6.45) is 0. The van der Waals surface area contributed by atoms with Crippen molar-refractivity contribution in [2.75, 3.05) is 27.2 Å². The smallest absolute Gasteiger partial charge is 0.241 e. The fraction of sp³-hybridized carbons (Fsp3) is 0.529. The molecular formula is C17H28N4O. The van der Waals surface area contributed by atoms with Crippen molar-refractivity contribution in [1.82, 2.24) is 15.5 Å². The molecule has 5 nitrogen and oxygen atoms in total. The van der Waals surface area contributed by atoms with Gasteiger partial charge in [-0.15, -0.1) is 0 Å². The van der Waals surface area contributed by atoms with Gasteiger partial charge >= 0.3 is 0 Å². The molecular weight excluding hydrogens is 276 g/mol. The standard InChI is InChI=1S/C17H28N4O/c1-13(2)10-18-17(20-12-16(22)21(4)5)19-11-15-8-6-14(3)7-9-15/h6-9,13H,10-12H2,1-5H3,(H2,18,19,20). The average molecular weight is 304 g/mol. The summed E-state index contributed by atoms with van der Waals surface area (Å²) in [4.78, 5) is 17.8. The van der Waals surface area contributed by atoms with Crippen molar-refractivity contribution >= 4 is 11.9 Å². The molecule has 0 aliphatic carbocycles. The Morgan fingerprint density at radius 3 is 2.36 bits per heavy atom. The fourth-order valence-corrected chi connectivity index (χ4v) is 1.66. The zero-order valence-electron chi connectivity index (χ0n) is 14.3. The molecule has 0 aliphatic rings. The summed E-state index contributed by atoms with van der Waals surface area (Å²) in [5, 5.41) is 6.35. The topological polar surface area (TPSA) is 56.7 Å². The van der Waals surface area contributed by atoms with Crippen molar-refractivity contribution in [3.8, 4) is 0 Å². The van der Waals surface area contributed by atoms with E-state index in [1.807, 2.05) is 0 Å². The van der Waals surface area contributed by atoms with E-state index in [1.54, 1.807) is 19.0 Å². The maximum absolute atomic E-state index is 11.7. The van der Waals surface area contributed by atoms with E-state index >= 15 is 0 Å². The zero-order chi connectivity index (χ0) is 16.5. The molecule has 0 saturated heterocycles. The van der Waals surface area contributed by atoms with E-state index in [9.17, 15) is 4.79 Å². The molecule has 1 aromatic carbocycles. The monoisotopic (exact) mass is 304 g/mol. The number of nitrogens with zero attached hydrogens (tertiary/aromatic N) is 2. The largest absolute Gasteiger partial charge is 0.356 e. The van der Waals surface area contributed by atoms with Crippen LogP contribution in [-0.2, 0) is 11.3 Å². The second-order valence-corrected chi connectivity index (χ2v) is 6.07. The van der Waals surface area contributed by atoms with Crippen LogP contribution >= 0.6 is 0 Å². The highest BCUT2D eigenvalue weighted by atomic mass is 16.2. The number of nitrogens with one attached hydrogen (secondary N) is 2. The Kier molecular flexibility index (Phi) is 7.43. The van der Waals surface area contributed by atoms with Gasteiger partial charge in [0.2, 0.25) is 5.91 Å². The van der Waals surface area contributed by atoms with Gasteiger partial charge in [-0.05, 0) is 18.4 Å². The van der Waals surface area contributed by atoms with E-state index in [0.29, 0.717) is 18.4 Å². The van der Waals surface area contributed by atoms with Crippen LogP contribution in [0.15, 0.2) is 29.3 Å². The lowest BCUT2D eigenvalue weighted by Gasteiger charge is -2.16. The SMILES string of the molecule is Cc1ccc(CN=C(NCC(=O)N(C)C)NCC(C)C)cc1. The Morgan fingerprint density at radius 2 is 1.82 bits per heavy atom. The van der Waals surface area contributed by atoms with Gasteiger partial charge < -0.3 is 15.5 Å². The van der Waals surface area contributed by atoms with Gasteiger partial charge in [0.05, 0.1) is 13.1 Å². The highest BCUT2D eigenvalue weighted by Gasteiger charge is 2.06. The summed E-state index contributed by atoms with van der Waals surface area (Å²) in [5.41, 5.74) is 2.38. The lowest BCUT2D eigenvalue weighted by Crippen LogP contribution is -2.44. The normalized spacial score (nSPS) is 11.5. The highest BCUT2D eigenvalue weighted by Crippen LogP contribution is 2.04. The number of guanidine groups is 1. The van der Waals surface area contributed by atoms with Crippen molar-refractivity contribution in [1.29, 1.82) is 0 Å². The van der Waals surface area contributed by atoms with E-state index in [0.717, 1.165) is 12.1 Å². The summed E-state index contributed by atoms with van der Waals surface area (Å²) in [6, 6.07) is 8.30. The van der Waals surface area contributed by atoms with Crippen molar-refractivity contribution in [2.45, 2.75) is 27.3 Å². The minimum absolute atomic E-state index is 0.0226. The highest BCUT2D eigenvalue weighted by molar-refractivity contribution is 5.86. The van der Waals surface area contributed by atoms with Crippen molar-refractivity contribution in [2.24, 2.45) is 10.9 Å². The maximum atomic E-state index is 11.7. The average Bonchev–Trinajstić information content (AvgIpc) is 2.47. The summed E-state index contributed by atoms with van der Waals surface area (Å²) in [6.45, 7) is 7.98. The van der Waals surface area contributed by atoms with Crippen LogP contribution in [0.25, 0.3) is 0 Å². The molecule has 1 rings (SSSR count). The summed E-state index contributed by atoms with van der Waals surface area (Å²) >= 11 is 0. The Balaban J connectivity index is 2.64. The number of aliphatic imine (C=N–C) groups is 1. The first-order chi connectivity index (χ1) is 10.4. The molecule has 0 radical (unpaired) electrons. The molecule has 0 saturated carbocycles. The number of amides is 1. The summed E-state index contributed by atoms with van der Waals surface area (Å²) in [7, 11) is 3.49. The molecule has 0 unspecified atom stereocenters. The Morgan fingerprint density at radius 1 is 1.18 bits per heavy atom. The molecule has 5 heteroatoms. The zero-order valence-corrected chi connectivity index (χ0v) is 14.3. The number of hydrogen-bond acceptors (Lipinski definition) is 2. The molecule has 0 spiro atoms. The lowest BCUT2D eigenvalue weighted by atomic mass is 10.1. The number of carbonyl (C=O) groups is 1. The second-order valence-electron chi connectivity index (χ2n) is 6.07. The number of likely N-dealkylation sites (N-methyl/N-ethyl adjacent to an activating group) is 1. The van der Waals surface area contributed by atoms with Crippen LogP contribution in [0.4, 0.5) is 0 Å². The minimum atomic E-state index is 0.0226.